The van der Waals surface area contributed by atoms with Gasteiger partial charge in [-0.05, 0) is 119 Å². The van der Waals surface area contributed by atoms with Gasteiger partial charge in [0.15, 0.2) is 0 Å². The molecule has 0 saturated carbocycles. The van der Waals surface area contributed by atoms with Crippen molar-refractivity contribution in [3.8, 4) is 67.8 Å². The van der Waals surface area contributed by atoms with Crippen molar-refractivity contribution in [3.63, 3.8) is 0 Å². The minimum Gasteiger partial charge on any atom is -0.255 e. The van der Waals surface area contributed by atoms with Crippen LogP contribution in [0.2, 0.25) is 0 Å². The summed E-state index contributed by atoms with van der Waals surface area (Å²) in [6.45, 7) is 0. The summed E-state index contributed by atoms with van der Waals surface area (Å²) >= 11 is 6.98. The van der Waals surface area contributed by atoms with E-state index in [0.29, 0.717) is 0 Å². The topological polar surface area (TPSA) is 77.3 Å². The molecule has 0 bridgehead atoms. The summed E-state index contributed by atoms with van der Waals surface area (Å²) in [5.41, 5.74) is 11.1. The number of benzene rings is 2. The first-order chi connectivity index (χ1) is 24.6. The quantitative estimate of drug-likeness (QED) is 0.165. The molecule has 0 unspecified atom stereocenters. The van der Waals surface area contributed by atoms with Crippen molar-refractivity contribution in [2.45, 2.75) is 0 Å². The van der Waals surface area contributed by atoms with Crippen molar-refractivity contribution in [2.24, 2.45) is 0 Å². The van der Waals surface area contributed by atoms with E-state index in [2.05, 4.69) is 100 Å². The predicted molar refractivity (Wildman–Crippen MR) is 208 cm³/mol. The molecule has 0 amide bonds. The molecule has 0 spiro atoms. The normalized spacial score (nSPS) is 10.4. The zero-order chi connectivity index (χ0) is 34.1. The molecule has 0 N–H and O–H groups in total. The van der Waals surface area contributed by atoms with E-state index in [4.69, 9.17) is 9.97 Å². The SMILES string of the molecule is Brc1ccc(-c2cc(-c3ccccn3)nc(-c3ccccn3)c2)cc1.Brc1ccc(-c2cc(-c3ccccn3)nc(-c3ccccn3)c2)cc1.[Os]. The molecular weight excluding hydrogens is 939 g/mol. The van der Waals surface area contributed by atoms with Crippen molar-refractivity contribution >= 4 is 31.9 Å². The van der Waals surface area contributed by atoms with Gasteiger partial charge in [-0.3, -0.25) is 19.9 Å². The number of hydrogen-bond acceptors (Lipinski definition) is 6. The molecule has 0 fully saturated rings. The van der Waals surface area contributed by atoms with Crippen LogP contribution in [0, 0.1) is 0 Å². The first-order valence-electron chi connectivity index (χ1n) is 15.8. The fraction of sp³-hybridized carbons (Fsp3) is 0. The molecule has 9 heteroatoms. The van der Waals surface area contributed by atoms with E-state index < -0.39 is 0 Å². The monoisotopic (exact) mass is 966 g/mol. The molecule has 248 valence electrons. The second-order valence-electron chi connectivity index (χ2n) is 11.1. The van der Waals surface area contributed by atoms with Crippen LogP contribution in [0.25, 0.3) is 67.8 Å². The number of aromatic nitrogens is 6. The van der Waals surface area contributed by atoms with Gasteiger partial charge in [-0.2, -0.15) is 0 Å². The molecule has 0 atom stereocenters. The van der Waals surface area contributed by atoms with Crippen LogP contribution < -0.4 is 0 Å². The van der Waals surface area contributed by atoms with Gasteiger partial charge >= 0.3 is 0 Å². The van der Waals surface area contributed by atoms with Crippen molar-refractivity contribution in [3.05, 3.63) is 179 Å². The Balaban J connectivity index is 0.000000172. The molecule has 0 radical (unpaired) electrons. The minimum atomic E-state index is 0. The predicted octanol–water partition coefficient (Wildman–Crippen LogP) is 11.3. The smallest absolute Gasteiger partial charge is 0.0900 e. The zero-order valence-corrected chi connectivity index (χ0v) is 32.7. The molecule has 8 rings (SSSR count). The largest absolute Gasteiger partial charge is 0.255 e. The van der Waals surface area contributed by atoms with Gasteiger partial charge in [0, 0.05) is 53.5 Å². The maximum Gasteiger partial charge on any atom is 0.0900 e. The van der Waals surface area contributed by atoms with Crippen LogP contribution in [-0.4, -0.2) is 29.9 Å². The molecule has 6 aromatic heterocycles. The zero-order valence-electron chi connectivity index (χ0n) is 27.0. The van der Waals surface area contributed by atoms with Crippen LogP contribution >= 0.6 is 31.9 Å². The third-order valence-electron chi connectivity index (χ3n) is 7.72. The second kappa shape index (κ2) is 17.2. The van der Waals surface area contributed by atoms with Gasteiger partial charge in [0.2, 0.25) is 0 Å². The average molecular weight is 967 g/mol. The van der Waals surface area contributed by atoms with E-state index in [0.717, 1.165) is 76.8 Å². The van der Waals surface area contributed by atoms with E-state index in [1.807, 2.05) is 97.1 Å². The van der Waals surface area contributed by atoms with Crippen LogP contribution in [0.1, 0.15) is 0 Å². The third kappa shape index (κ3) is 9.19. The molecule has 0 aliphatic carbocycles. The standard InChI is InChI=1S/2C21H14BrN3.Os/c2*22-17-9-7-15(8-10-17)16-13-20(18-5-1-3-11-23-18)25-21(14-16)19-6-2-4-12-24-19;/h2*1-14H;. The van der Waals surface area contributed by atoms with Gasteiger partial charge in [-0.25, -0.2) is 9.97 Å². The van der Waals surface area contributed by atoms with E-state index in [1.54, 1.807) is 24.8 Å². The maximum absolute atomic E-state index is 4.78. The Labute approximate surface area is 326 Å². The Hall–Kier alpha value is -5.06. The molecule has 6 nitrogen and oxygen atoms in total. The summed E-state index contributed by atoms with van der Waals surface area (Å²) in [5.74, 6) is 0. The van der Waals surface area contributed by atoms with Gasteiger partial charge < -0.3 is 0 Å². The summed E-state index contributed by atoms with van der Waals surface area (Å²) in [4.78, 5) is 27.3. The summed E-state index contributed by atoms with van der Waals surface area (Å²) in [6, 6.07) is 48.1. The van der Waals surface area contributed by atoms with Crippen LogP contribution in [0.5, 0.6) is 0 Å². The first kappa shape index (κ1) is 35.8. The molecule has 2 aromatic carbocycles. The summed E-state index contributed by atoms with van der Waals surface area (Å²) in [6.07, 6.45) is 7.13. The van der Waals surface area contributed by atoms with Crippen molar-refractivity contribution < 1.29 is 19.8 Å². The van der Waals surface area contributed by atoms with Gasteiger partial charge in [-0.1, -0.05) is 80.4 Å². The summed E-state index contributed by atoms with van der Waals surface area (Å²) in [7, 11) is 0. The summed E-state index contributed by atoms with van der Waals surface area (Å²) < 4.78 is 2.11. The van der Waals surface area contributed by atoms with Crippen LogP contribution in [0.3, 0.4) is 0 Å². The Morgan fingerprint density at radius 1 is 0.294 bits per heavy atom. The van der Waals surface area contributed by atoms with Gasteiger partial charge in [0.05, 0.1) is 45.6 Å². The number of rotatable bonds is 6. The Bertz CT molecular complexity index is 2030. The van der Waals surface area contributed by atoms with E-state index in [1.165, 1.54) is 0 Å². The van der Waals surface area contributed by atoms with Crippen LogP contribution in [0.15, 0.2) is 179 Å². The van der Waals surface area contributed by atoms with Gasteiger partial charge in [0.25, 0.3) is 0 Å². The molecule has 51 heavy (non-hydrogen) atoms. The molecule has 0 aliphatic heterocycles. The molecule has 0 saturated heterocycles. The van der Waals surface area contributed by atoms with Crippen molar-refractivity contribution in [1.82, 2.24) is 29.9 Å². The van der Waals surface area contributed by atoms with Crippen LogP contribution in [0.4, 0.5) is 0 Å². The fourth-order valence-electron chi connectivity index (χ4n) is 5.26. The Kier molecular flexibility index (Phi) is 12.1. The van der Waals surface area contributed by atoms with E-state index in [9.17, 15) is 0 Å². The average Bonchev–Trinajstić information content (AvgIpc) is 3.20. The Morgan fingerprint density at radius 3 is 0.804 bits per heavy atom. The number of halogens is 2. The van der Waals surface area contributed by atoms with Crippen molar-refractivity contribution in [2.75, 3.05) is 0 Å². The van der Waals surface area contributed by atoms with E-state index in [-0.39, 0.29) is 19.8 Å². The molecular formula is C42H28Br2N6Os. The number of pyridine rings is 6. The number of nitrogens with zero attached hydrogens (tertiary/aromatic N) is 6. The molecule has 8 aromatic rings. The maximum atomic E-state index is 4.78. The van der Waals surface area contributed by atoms with Crippen LogP contribution in [-0.2, 0) is 19.8 Å². The summed E-state index contributed by atoms with van der Waals surface area (Å²) in [5, 5.41) is 0. The fourth-order valence-corrected chi connectivity index (χ4v) is 5.79. The third-order valence-corrected chi connectivity index (χ3v) is 8.77. The second-order valence-corrected chi connectivity index (χ2v) is 13.0. The number of hydrogen-bond donors (Lipinski definition) is 0. The molecule has 0 aliphatic rings. The minimum absolute atomic E-state index is 0. The van der Waals surface area contributed by atoms with Crippen molar-refractivity contribution in [1.29, 1.82) is 0 Å². The van der Waals surface area contributed by atoms with Gasteiger partial charge in [-0.15, -0.1) is 0 Å². The van der Waals surface area contributed by atoms with E-state index >= 15 is 0 Å². The molecule has 6 heterocycles. The van der Waals surface area contributed by atoms with Gasteiger partial charge in [0.1, 0.15) is 0 Å². The first-order valence-corrected chi connectivity index (χ1v) is 17.4. The Morgan fingerprint density at radius 2 is 0.569 bits per heavy atom.